The summed E-state index contributed by atoms with van der Waals surface area (Å²) in [5.41, 5.74) is 0.276. The molecule has 1 unspecified atom stereocenters. The van der Waals surface area contributed by atoms with Gasteiger partial charge in [-0.2, -0.15) is 4.98 Å². The number of ether oxygens (including phenoxy) is 1. The minimum absolute atomic E-state index is 0.0225. The van der Waals surface area contributed by atoms with Crippen LogP contribution in [0, 0.1) is 0 Å². The second-order valence-corrected chi connectivity index (χ2v) is 9.99. The van der Waals surface area contributed by atoms with E-state index in [0.717, 1.165) is 36.3 Å². The predicted molar refractivity (Wildman–Crippen MR) is 113 cm³/mol. The number of hydrogen-bond acceptors (Lipinski definition) is 8. The summed E-state index contributed by atoms with van der Waals surface area (Å²) in [7, 11) is 0.488. The quantitative estimate of drug-likeness (QED) is 0.627. The highest BCUT2D eigenvalue weighted by atomic mass is 32.2. The van der Waals surface area contributed by atoms with E-state index in [-0.39, 0.29) is 12.1 Å². The van der Waals surface area contributed by atoms with E-state index in [9.17, 15) is 14.4 Å². The van der Waals surface area contributed by atoms with Crippen LogP contribution in [-0.2, 0) is 22.8 Å². The van der Waals surface area contributed by atoms with Crippen LogP contribution in [0.3, 0.4) is 0 Å². The van der Waals surface area contributed by atoms with Crippen molar-refractivity contribution in [1.29, 1.82) is 0 Å². The summed E-state index contributed by atoms with van der Waals surface area (Å²) in [4.78, 5) is 12.0. The van der Waals surface area contributed by atoms with Crippen LogP contribution in [0.15, 0.2) is 29.2 Å². The largest absolute Gasteiger partial charge is 0.497 e. The average Bonchev–Trinajstić information content (AvgIpc) is 3.09. The van der Waals surface area contributed by atoms with Gasteiger partial charge in [0, 0.05) is 12.2 Å². The molecule has 1 saturated heterocycles. The molecule has 0 bridgehead atoms. The molecule has 9 heteroatoms. The maximum atomic E-state index is 12.5. The van der Waals surface area contributed by atoms with Gasteiger partial charge in [0.15, 0.2) is 0 Å². The van der Waals surface area contributed by atoms with Crippen molar-refractivity contribution in [3.63, 3.8) is 0 Å². The SMILES string of the molecule is COc1ccc(C2(O)CN(c3nc4c(c(NC5(CO)CCC5)n3)S(=O)CC4)C2)cc1. The summed E-state index contributed by atoms with van der Waals surface area (Å²) >= 11 is 0. The van der Waals surface area contributed by atoms with E-state index in [0.29, 0.717) is 41.9 Å². The van der Waals surface area contributed by atoms with Crippen LogP contribution in [0.25, 0.3) is 0 Å². The van der Waals surface area contributed by atoms with Crippen molar-refractivity contribution in [1.82, 2.24) is 9.97 Å². The van der Waals surface area contributed by atoms with E-state index in [1.165, 1.54) is 0 Å². The van der Waals surface area contributed by atoms with Gasteiger partial charge in [0.2, 0.25) is 5.95 Å². The zero-order valence-electron chi connectivity index (χ0n) is 16.9. The van der Waals surface area contributed by atoms with Crippen LogP contribution in [0.4, 0.5) is 11.8 Å². The molecule has 0 amide bonds. The molecular weight excluding hydrogens is 404 g/mol. The number of nitrogens with one attached hydrogen (secondary N) is 1. The van der Waals surface area contributed by atoms with Gasteiger partial charge >= 0.3 is 0 Å². The Labute approximate surface area is 177 Å². The molecule has 2 aromatic rings. The van der Waals surface area contributed by atoms with E-state index >= 15 is 0 Å². The monoisotopic (exact) mass is 430 g/mol. The highest BCUT2D eigenvalue weighted by Crippen LogP contribution is 2.40. The third kappa shape index (κ3) is 3.16. The highest BCUT2D eigenvalue weighted by molar-refractivity contribution is 7.85. The van der Waals surface area contributed by atoms with Gasteiger partial charge in [-0.15, -0.1) is 0 Å². The van der Waals surface area contributed by atoms with Crippen molar-refractivity contribution in [2.75, 3.05) is 42.8 Å². The van der Waals surface area contributed by atoms with Crippen LogP contribution in [0.2, 0.25) is 0 Å². The second-order valence-electron chi connectivity index (χ2n) is 8.48. The molecule has 0 spiro atoms. The molecule has 8 nitrogen and oxygen atoms in total. The number of aryl methyl sites for hydroxylation is 1. The normalized spacial score (nSPS) is 23.3. The third-order valence-corrected chi connectivity index (χ3v) is 7.95. The molecule has 1 saturated carbocycles. The molecule has 30 heavy (non-hydrogen) atoms. The molecule has 3 N–H and O–H groups in total. The van der Waals surface area contributed by atoms with Gasteiger partial charge in [-0.05, 0) is 37.0 Å². The summed E-state index contributed by atoms with van der Waals surface area (Å²) in [6, 6.07) is 7.42. The van der Waals surface area contributed by atoms with E-state index in [4.69, 9.17) is 4.74 Å². The molecule has 3 heterocycles. The van der Waals surface area contributed by atoms with Crippen molar-refractivity contribution >= 4 is 22.6 Å². The lowest BCUT2D eigenvalue weighted by molar-refractivity contribution is 0.00647. The van der Waals surface area contributed by atoms with Crippen molar-refractivity contribution in [2.24, 2.45) is 0 Å². The van der Waals surface area contributed by atoms with Gasteiger partial charge in [0.05, 0.1) is 48.8 Å². The number of rotatable bonds is 6. The minimum Gasteiger partial charge on any atom is -0.497 e. The van der Waals surface area contributed by atoms with Gasteiger partial charge in [-0.25, -0.2) is 4.98 Å². The fraction of sp³-hybridized carbons (Fsp3) is 0.524. The van der Waals surface area contributed by atoms with Crippen LogP contribution in [-0.4, -0.2) is 62.5 Å². The van der Waals surface area contributed by atoms with E-state index in [2.05, 4.69) is 15.3 Å². The number of aliphatic hydroxyl groups is 2. The second kappa shape index (κ2) is 7.18. The number of fused-ring (bicyclic) bond motifs is 1. The molecule has 5 rings (SSSR count). The van der Waals surface area contributed by atoms with E-state index in [1.54, 1.807) is 7.11 Å². The van der Waals surface area contributed by atoms with Crippen LogP contribution >= 0.6 is 0 Å². The zero-order chi connectivity index (χ0) is 20.9. The number of aliphatic hydroxyl groups excluding tert-OH is 1. The van der Waals surface area contributed by atoms with Crippen molar-refractivity contribution in [3.05, 3.63) is 35.5 Å². The number of aromatic nitrogens is 2. The molecule has 1 aromatic carbocycles. The fourth-order valence-corrected chi connectivity index (χ4v) is 5.70. The lowest BCUT2D eigenvalue weighted by atomic mass is 9.77. The number of β-amino-alcohol motifs (C(OH)–C–C–N with tert-alkyl or cyclic N) is 1. The Kier molecular flexibility index (Phi) is 4.72. The van der Waals surface area contributed by atoms with Crippen molar-refractivity contribution in [2.45, 2.75) is 41.7 Å². The molecular formula is C21H26N4O4S. The molecule has 1 aliphatic carbocycles. The number of methoxy groups -OCH3 is 1. The van der Waals surface area contributed by atoms with Gasteiger partial charge in [-0.1, -0.05) is 12.1 Å². The summed E-state index contributed by atoms with van der Waals surface area (Å²) in [5.74, 6) is 2.39. The Morgan fingerprint density at radius 3 is 2.57 bits per heavy atom. The first kappa shape index (κ1) is 19.7. The van der Waals surface area contributed by atoms with Crippen LogP contribution in [0.1, 0.15) is 30.5 Å². The molecule has 1 atom stereocenters. The highest BCUT2D eigenvalue weighted by Gasteiger charge is 2.45. The van der Waals surface area contributed by atoms with Crippen LogP contribution < -0.4 is 15.0 Å². The lowest BCUT2D eigenvalue weighted by Gasteiger charge is -2.47. The number of nitrogens with zero attached hydrogens (tertiary/aromatic N) is 3. The Bertz CT molecular complexity index is 982. The number of hydrogen-bond donors (Lipinski definition) is 3. The van der Waals surface area contributed by atoms with Gasteiger partial charge < -0.3 is 25.2 Å². The third-order valence-electron chi connectivity index (χ3n) is 6.49. The van der Waals surface area contributed by atoms with Crippen molar-refractivity contribution < 1.29 is 19.2 Å². The summed E-state index contributed by atoms with van der Waals surface area (Å²) < 4.78 is 17.7. The molecule has 0 radical (unpaired) electrons. The average molecular weight is 431 g/mol. The lowest BCUT2D eigenvalue weighted by Crippen LogP contribution is -2.60. The van der Waals surface area contributed by atoms with E-state index < -0.39 is 16.4 Å². The van der Waals surface area contributed by atoms with Gasteiger partial charge in [0.1, 0.15) is 22.1 Å². The Morgan fingerprint density at radius 2 is 1.97 bits per heavy atom. The molecule has 2 fully saturated rings. The molecule has 2 aliphatic heterocycles. The molecule has 160 valence electrons. The number of anilines is 2. The first-order chi connectivity index (χ1) is 14.5. The fourth-order valence-electron chi connectivity index (χ4n) is 4.40. The van der Waals surface area contributed by atoms with Crippen LogP contribution in [0.5, 0.6) is 5.75 Å². The zero-order valence-corrected chi connectivity index (χ0v) is 17.7. The van der Waals surface area contributed by atoms with Gasteiger partial charge in [-0.3, -0.25) is 4.21 Å². The summed E-state index contributed by atoms with van der Waals surface area (Å²) in [5, 5.41) is 24.2. The van der Waals surface area contributed by atoms with Gasteiger partial charge in [0.25, 0.3) is 0 Å². The minimum atomic E-state index is -1.13. The molecule has 1 aromatic heterocycles. The Morgan fingerprint density at radius 1 is 1.23 bits per heavy atom. The molecule has 3 aliphatic rings. The Hall–Kier alpha value is -2.23. The number of benzene rings is 1. The summed E-state index contributed by atoms with van der Waals surface area (Å²) in [6.45, 7) is 0.784. The maximum Gasteiger partial charge on any atom is 0.227 e. The maximum absolute atomic E-state index is 12.5. The first-order valence-electron chi connectivity index (χ1n) is 10.3. The predicted octanol–water partition coefficient (Wildman–Crippen LogP) is 1.18. The summed E-state index contributed by atoms with van der Waals surface area (Å²) in [6.07, 6.45) is 3.43. The van der Waals surface area contributed by atoms with E-state index in [1.807, 2.05) is 29.2 Å². The smallest absolute Gasteiger partial charge is 0.227 e. The standard InChI is InChI=1S/C21H26N4O4S/c1-29-15-5-3-14(4-6-15)21(27)11-25(12-21)19-22-16-7-10-30(28)17(16)18(23-19)24-20(13-26)8-2-9-20/h3-6,26-27H,2,7-13H2,1H3,(H,22,23,24). The topological polar surface area (TPSA) is 108 Å². The van der Waals surface area contributed by atoms with Crippen molar-refractivity contribution in [3.8, 4) is 5.75 Å². The Balaban J connectivity index is 1.40. The first-order valence-corrected chi connectivity index (χ1v) is 11.6.